The Balaban J connectivity index is 1.41. The van der Waals surface area contributed by atoms with Crippen LogP contribution < -0.4 is 10.2 Å². The van der Waals surface area contributed by atoms with Gasteiger partial charge in [-0.25, -0.2) is 14.4 Å². The van der Waals surface area contributed by atoms with Gasteiger partial charge in [0.2, 0.25) is 5.91 Å². The van der Waals surface area contributed by atoms with Crippen LogP contribution in [0.25, 0.3) is 5.57 Å². The van der Waals surface area contributed by atoms with Crippen molar-refractivity contribution < 1.29 is 22.4 Å². The average Bonchev–Trinajstić information content (AvgIpc) is 3.41. The number of rotatable bonds is 6. The van der Waals surface area contributed by atoms with Crippen LogP contribution in [0.3, 0.4) is 0 Å². The van der Waals surface area contributed by atoms with Gasteiger partial charge >= 0.3 is 6.18 Å². The second kappa shape index (κ2) is 10.7. The van der Waals surface area contributed by atoms with Gasteiger partial charge in [0.05, 0.1) is 20.4 Å². The van der Waals surface area contributed by atoms with Gasteiger partial charge in [-0.2, -0.15) is 13.2 Å². The van der Waals surface area contributed by atoms with Crippen LogP contribution in [0.2, 0.25) is 0 Å². The van der Waals surface area contributed by atoms with Gasteiger partial charge in [0.15, 0.2) is 0 Å². The Kier molecular flexibility index (Phi) is 7.79. The van der Waals surface area contributed by atoms with Crippen LogP contribution >= 0.6 is 22.6 Å². The number of fused-ring (bicyclic) bond motifs is 1. The molecule has 0 spiro atoms. The molecule has 0 radical (unpaired) electrons. The summed E-state index contributed by atoms with van der Waals surface area (Å²) in [5.74, 6) is -0.697. The molecule has 1 fully saturated rings. The van der Waals surface area contributed by atoms with E-state index in [9.17, 15) is 22.4 Å². The molecule has 0 bridgehead atoms. The third kappa shape index (κ3) is 5.40. The first-order valence-electron chi connectivity index (χ1n) is 13.4. The molecule has 2 aliphatic heterocycles. The maximum Gasteiger partial charge on any atom is 0.398 e. The van der Waals surface area contributed by atoms with Crippen molar-refractivity contribution in [2.45, 2.75) is 56.9 Å². The first-order chi connectivity index (χ1) is 18.8. The van der Waals surface area contributed by atoms with Crippen LogP contribution in [-0.2, 0) is 16.8 Å². The predicted octanol–water partition coefficient (Wildman–Crippen LogP) is 5.53. The Morgan fingerprint density at radius 1 is 1.23 bits per heavy atom. The summed E-state index contributed by atoms with van der Waals surface area (Å²) in [4.78, 5) is 26.3. The third-order valence-electron chi connectivity index (χ3n) is 8.04. The first-order valence-corrected chi connectivity index (χ1v) is 14.4. The molecular formula is C28H33F4IN6O. The number of allylic oxidation sites excluding steroid dienone is 4. The highest BCUT2D eigenvalue weighted by Crippen LogP contribution is 2.46. The monoisotopic (exact) mass is 672 g/mol. The number of carbonyl (C=O) groups excluding carboxylic acids is 1. The van der Waals surface area contributed by atoms with Crippen molar-refractivity contribution in [1.29, 1.82) is 0 Å². The highest BCUT2D eigenvalue weighted by molar-refractivity contribution is 14.1. The number of anilines is 2. The van der Waals surface area contributed by atoms with Crippen molar-refractivity contribution in [3.05, 3.63) is 51.3 Å². The topological polar surface area (TPSA) is 66.3 Å². The molecule has 0 saturated carbocycles. The normalized spacial score (nSPS) is 23.0. The van der Waals surface area contributed by atoms with E-state index in [1.54, 1.807) is 12.4 Å². The van der Waals surface area contributed by atoms with Gasteiger partial charge in [-0.3, -0.25) is 4.79 Å². The highest BCUT2D eigenvalue weighted by atomic mass is 127. The van der Waals surface area contributed by atoms with E-state index in [-0.39, 0.29) is 11.8 Å². The molecule has 4 heterocycles. The minimum atomic E-state index is -4.67. The number of amides is 1. The predicted molar refractivity (Wildman–Crippen MR) is 155 cm³/mol. The summed E-state index contributed by atoms with van der Waals surface area (Å²) in [6, 6.07) is 0. The molecule has 2 aromatic rings. The first kappa shape index (κ1) is 29.0. The minimum Gasteiger partial charge on any atom is -0.370 e. The number of imidazole rings is 1. The summed E-state index contributed by atoms with van der Waals surface area (Å²) in [7, 11) is 3.93. The fourth-order valence-corrected chi connectivity index (χ4v) is 6.45. The average molecular weight is 673 g/mol. The van der Waals surface area contributed by atoms with E-state index in [4.69, 9.17) is 4.98 Å². The van der Waals surface area contributed by atoms with Crippen LogP contribution in [0.4, 0.5) is 29.1 Å². The maximum absolute atomic E-state index is 14.1. The van der Waals surface area contributed by atoms with E-state index in [0.29, 0.717) is 23.6 Å². The number of nitrogens with one attached hydrogen (secondary N) is 1. The lowest BCUT2D eigenvalue weighted by atomic mass is 9.85. The van der Waals surface area contributed by atoms with Gasteiger partial charge in [-0.15, -0.1) is 0 Å². The standard InChI is InChI=1S/C28H33F4IN6O/c1-27(2)22-23(20(33)14-34-24(22)36-26(27)40)38-9-7-16(8-10-38)25-35-21(15-39(25)12-11-37(3)4)17-5-6-19(29)18(13-17)28(30,31)32/h5-6,13-16,18-19H,7-12H2,1-4H3,(H,34,36,40). The van der Waals surface area contributed by atoms with Crippen molar-refractivity contribution in [3.8, 4) is 0 Å². The number of hydrogen-bond acceptors (Lipinski definition) is 5. The fraction of sp³-hybridized carbons (Fsp3) is 0.536. The summed E-state index contributed by atoms with van der Waals surface area (Å²) in [5.41, 5.74) is 1.97. The molecule has 216 valence electrons. The summed E-state index contributed by atoms with van der Waals surface area (Å²) >= 11 is 2.27. The number of pyridine rings is 1. The second-order valence-electron chi connectivity index (χ2n) is 11.5. The molecule has 3 aliphatic rings. The van der Waals surface area contributed by atoms with Crippen molar-refractivity contribution in [2.24, 2.45) is 5.92 Å². The molecule has 2 unspecified atom stereocenters. The number of halogens is 5. The quantitative estimate of drug-likeness (QED) is 0.323. The molecule has 1 saturated heterocycles. The van der Waals surface area contributed by atoms with Crippen molar-refractivity contribution >= 4 is 45.6 Å². The number of aromatic nitrogens is 3. The Bertz CT molecular complexity index is 1360. The molecule has 1 N–H and O–H groups in total. The smallest absolute Gasteiger partial charge is 0.370 e. The largest absolute Gasteiger partial charge is 0.398 e. The zero-order valence-corrected chi connectivity index (χ0v) is 25.1. The SMILES string of the molecule is CN(C)CCn1cc(C2=CC(C(F)(F)F)C(F)C=C2)nc1C1CCN(c2c(I)cnc3c2C(C)(C)C(=O)N3)CC1. The number of hydrogen-bond donors (Lipinski definition) is 1. The van der Waals surface area contributed by atoms with E-state index < -0.39 is 23.7 Å². The summed E-state index contributed by atoms with van der Waals surface area (Å²) in [5, 5.41) is 2.91. The lowest BCUT2D eigenvalue weighted by molar-refractivity contribution is -0.171. The molecule has 2 atom stereocenters. The molecule has 1 aliphatic carbocycles. The van der Waals surface area contributed by atoms with Gasteiger partial charge in [0.1, 0.15) is 23.7 Å². The fourth-order valence-electron chi connectivity index (χ4n) is 5.70. The van der Waals surface area contributed by atoms with Crippen LogP contribution in [0.1, 0.15) is 49.7 Å². The van der Waals surface area contributed by atoms with Crippen molar-refractivity contribution in [1.82, 2.24) is 19.4 Å². The number of carbonyl (C=O) groups is 1. The maximum atomic E-state index is 14.1. The molecule has 7 nitrogen and oxygen atoms in total. The van der Waals surface area contributed by atoms with Crippen molar-refractivity contribution in [2.75, 3.05) is 43.9 Å². The van der Waals surface area contributed by atoms with E-state index in [2.05, 4.69) is 37.8 Å². The number of nitrogens with zero attached hydrogens (tertiary/aromatic N) is 5. The van der Waals surface area contributed by atoms with E-state index >= 15 is 0 Å². The molecule has 12 heteroatoms. The van der Waals surface area contributed by atoms with Gasteiger partial charge in [-0.05, 0) is 75.0 Å². The van der Waals surface area contributed by atoms with Gasteiger partial charge in [0, 0.05) is 50.1 Å². The van der Waals surface area contributed by atoms with Crippen LogP contribution in [-0.4, -0.2) is 71.4 Å². The molecular weight excluding hydrogens is 639 g/mol. The van der Waals surface area contributed by atoms with E-state index in [1.165, 1.54) is 6.08 Å². The van der Waals surface area contributed by atoms with Crippen LogP contribution in [0, 0.1) is 9.49 Å². The molecule has 5 rings (SSSR count). The zero-order valence-electron chi connectivity index (χ0n) is 22.9. The Morgan fingerprint density at radius 2 is 1.93 bits per heavy atom. The Hall–Kier alpha value is -2.48. The van der Waals surface area contributed by atoms with Crippen molar-refractivity contribution in [3.63, 3.8) is 0 Å². The summed E-state index contributed by atoms with van der Waals surface area (Å²) in [6.07, 6.45) is 1.73. The third-order valence-corrected chi connectivity index (χ3v) is 8.83. The second-order valence-corrected chi connectivity index (χ2v) is 12.7. The van der Waals surface area contributed by atoms with Crippen LogP contribution in [0.15, 0.2) is 30.6 Å². The summed E-state index contributed by atoms with van der Waals surface area (Å²) in [6.45, 7) is 6.67. The number of piperidine rings is 1. The lowest BCUT2D eigenvalue weighted by Gasteiger charge is -2.36. The molecule has 0 aromatic carbocycles. The lowest BCUT2D eigenvalue weighted by Crippen LogP contribution is -2.37. The Morgan fingerprint density at radius 3 is 2.58 bits per heavy atom. The summed E-state index contributed by atoms with van der Waals surface area (Å²) < 4.78 is 57.4. The Labute approximate surface area is 244 Å². The highest BCUT2D eigenvalue weighted by Gasteiger charge is 2.45. The molecule has 1 amide bonds. The zero-order chi connectivity index (χ0) is 29.0. The number of likely N-dealkylation sites (N-methyl/N-ethyl adjacent to an activating group) is 1. The van der Waals surface area contributed by atoms with Gasteiger partial charge in [0.25, 0.3) is 0 Å². The minimum absolute atomic E-state index is 0.0681. The van der Waals surface area contributed by atoms with E-state index in [0.717, 1.165) is 65.3 Å². The number of alkyl halides is 4. The van der Waals surface area contributed by atoms with E-state index in [1.807, 2.05) is 37.4 Å². The van der Waals surface area contributed by atoms with Crippen LogP contribution in [0.5, 0.6) is 0 Å². The van der Waals surface area contributed by atoms with Gasteiger partial charge < -0.3 is 19.7 Å². The molecule has 2 aromatic heterocycles. The molecule has 40 heavy (non-hydrogen) atoms. The van der Waals surface area contributed by atoms with Gasteiger partial charge in [-0.1, -0.05) is 12.2 Å².